The Balaban J connectivity index is 1.69. The second kappa shape index (κ2) is 7.89. The molecule has 0 aliphatic heterocycles. The molecule has 1 aromatic carbocycles. The van der Waals surface area contributed by atoms with Crippen LogP contribution in [0.5, 0.6) is 0 Å². The van der Waals surface area contributed by atoms with Crippen LogP contribution in [0.15, 0.2) is 36.4 Å². The summed E-state index contributed by atoms with van der Waals surface area (Å²) in [7, 11) is 0. The summed E-state index contributed by atoms with van der Waals surface area (Å²) in [5.74, 6) is -0.446. The minimum absolute atomic E-state index is 0.00331. The zero-order chi connectivity index (χ0) is 20.3. The smallest absolute Gasteiger partial charge is 0.351 e. The molecule has 0 radical (unpaired) electrons. The number of hydrogen-bond acceptors (Lipinski definition) is 6. The van der Waals surface area contributed by atoms with Gasteiger partial charge in [-0.15, -0.1) is 21.5 Å². The molecule has 0 atom stereocenters. The third kappa shape index (κ3) is 4.80. The zero-order valence-electron chi connectivity index (χ0n) is 14.5. The number of benzene rings is 1. The molecule has 11 heteroatoms. The van der Waals surface area contributed by atoms with Gasteiger partial charge in [0.25, 0.3) is 0 Å². The lowest BCUT2D eigenvalue weighted by molar-refractivity contribution is -0.137. The van der Waals surface area contributed by atoms with E-state index in [1.165, 1.54) is 30.4 Å². The summed E-state index contributed by atoms with van der Waals surface area (Å²) in [4.78, 5) is 25.6. The molecular formula is C17H14F3N5O2S. The number of alkyl halides is 3. The number of halogens is 3. The monoisotopic (exact) mass is 409 g/mol. The maximum Gasteiger partial charge on any atom is 0.416 e. The molecule has 1 N–H and O–H groups in total. The topological polar surface area (TPSA) is 89.8 Å². The van der Waals surface area contributed by atoms with Crippen LogP contribution in [0.2, 0.25) is 0 Å². The van der Waals surface area contributed by atoms with E-state index in [-0.39, 0.29) is 29.6 Å². The van der Waals surface area contributed by atoms with Gasteiger partial charge in [-0.3, -0.25) is 9.59 Å². The van der Waals surface area contributed by atoms with Gasteiger partial charge in [0, 0.05) is 17.4 Å². The summed E-state index contributed by atoms with van der Waals surface area (Å²) in [5.41, 5.74) is -0.662. The fourth-order valence-corrected chi connectivity index (χ4v) is 3.18. The Hall–Kier alpha value is -3.08. The van der Waals surface area contributed by atoms with Gasteiger partial charge in [-0.2, -0.15) is 18.0 Å². The van der Waals surface area contributed by atoms with Gasteiger partial charge in [0.2, 0.25) is 11.7 Å². The molecule has 0 spiro atoms. The summed E-state index contributed by atoms with van der Waals surface area (Å²) < 4.78 is 38.5. The second-order valence-electron chi connectivity index (χ2n) is 5.82. The van der Waals surface area contributed by atoms with Gasteiger partial charge in [-0.25, -0.2) is 0 Å². The summed E-state index contributed by atoms with van der Waals surface area (Å²) >= 11 is 1.23. The minimum atomic E-state index is -4.48. The van der Waals surface area contributed by atoms with Crippen molar-refractivity contribution in [1.29, 1.82) is 0 Å². The Labute approximate surface area is 161 Å². The molecule has 1 amide bonds. The van der Waals surface area contributed by atoms with E-state index >= 15 is 0 Å². The van der Waals surface area contributed by atoms with Crippen LogP contribution in [0.3, 0.4) is 0 Å². The van der Waals surface area contributed by atoms with Gasteiger partial charge in [-0.05, 0) is 29.5 Å². The first-order valence-electron chi connectivity index (χ1n) is 8.04. The maximum atomic E-state index is 12.8. The molecule has 0 aliphatic rings. The van der Waals surface area contributed by atoms with Gasteiger partial charge >= 0.3 is 6.18 Å². The molecule has 0 fully saturated rings. The number of amides is 1. The second-order valence-corrected chi connectivity index (χ2v) is 6.99. The first-order chi connectivity index (χ1) is 13.2. The lowest BCUT2D eigenvalue weighted by atomic mass is 10.1. The molecule has 0 saturated heterocycles. The standard InChI is InChI=1S/C17H14F3N5O2S/c1-10(26)21-8-13-5-6-15(28-13)14(27)9-25-23-16(22-24-25)11-3-2-4-12(7-11)17(18,19)20/h2-7H,8-9H2,1H3,(H,21,26). The van der Waals surface area contributed by atoms with Gasteiger partial charge in [0.15, 0.2) is 5.78 Å². The van der Waals surface area contributed by atoms with Crippen LogP contribution >= 0.6 is 11.3 Å². The van der Waals surface area contributed by atoms with Crippen LogP contribution in [0, 0.1) is 0 Å². The van der Waals surface area contributed by atoms with E-state index in [2.05, 4.69) is 20.7 Å². The fraction of sp³-hybridized carbons (Fsp3) is 0.235. The quantitative estimate of drug-likeness (QED) is 0.633. The summed E-state index contributed by atoms with van der Waals surface area (Å²) in [6.07, 6.45) is -4.48. The van der Waals surface area contributed by atoms with Crippen molar-refractivity contribution in [1.82, 2.24) is 25.5 Å². The number of nitrogens with one attached hydrogen (secondary N) is 1. The van der Waals surface area contributed by atoms with Crippen molar-refractivity contribution in [2.24, 2.45) is 0 Å². The molecular weight excluding hydrogens is 395 g/mol. The van der Waals surface area contributed by atoms with Gasteiger partial charge in [0.1, 0.15) is 6.54 Å². The van der Waals surface area contributed by atoms with Crippen LogP contribution in [-0.2, 0) is 24.1 Å². The highest BCUT2D eigenvalue weighted by Crippen LogP contribution is 2.31. The number of rotatable bonds is 6. The van der Waals surface area contributed by atoms with Crippen molar-refractivity contribution < 1.29 is 22.8 Å². The number of nitrogens with zero attached hydrogens (tertiary/aromatic N) is 4. The fourth-order valence-electron chi connectivity index (χ4n) is 2.30. The Morgan fingerprint density at radius 3 is 2.71 bits per heavy atom. The predicted octanol–water partition coefficient (Wildman–Crippen LogP) is 2.94. The Morgan fingerprint density at radius 1 is 1.21 bits per heavy atom. The van der Waals surface area contributed by atoms with E-state index in [0.29, 0.717) is 11.4 Å². The summed E-state index contributed by atoms with van der Waals surface area (Å²) in [6, 6.07) is 7.94. The van der Waals surface area contributed by atoms with Crippen molar-refractivity contribution in [2.75, 3.05) is 0 Å². The van der Waals surface area contributed by atoms with Gasteiger partial charge in [0.05, 0.1) is 17.0 Å². The summed E-state index contributed by atoms with van der Waals surface area (Å²) in [6.45, 7) is 1.53. The third-order valence-corrected chi connectivity index (χ3v) is 4.76. The predicted molar refractivity (Wildman–Crippen MR) is 94.4 cm³/mol. The lowest BCUT2D eigenvalue weighted by Gasteiger charge is -2.06. The van der Waals surface area contributed by atoms with Crippen LogP contribution in [-0.4, -0.2) is 31.9 Å². The molecule has 28 heavy (non-hydrogen) atoms. The number of hydrogen-bond donors (Lipinski definition) is 1. The minimum Gasteiger partial charge on any atom is -0.351 e. The lowest BCUT2D eigenvalue weighted by Crippen LogP contribution is -2.18. The molecule has 0 saturated carbocycles. The average molecular weight is 409 g/mol. The molecule has 3 aromatic rings. The average Bonchev–Trinajstić information content (AvgIpc) is 3.29. The highest BCUT2D eigenvalue weighted by molar-refractivity contribution is 7.14. The number of carbonyl (C=O) groups excluding carboxylic acids is 2. The van der Waals surface area contributed by atoms with Crippen molar-refractivity contribution in [3.05, 3.63) is 51.7 Å². The normalized spacial score (nSPS) is 11.4. The van der Waals surface area contributed by atoms with Crippen molar-refractivity contribution in [2.45, 2.75) is 26.2 Å². The third-order valence-electron chi connectivity index (χ3n) is 3.63. The Morgan fingerprint density at radius 2 is 2.00 bits per heavy atom. The highest BCUT2D eigenvalue weighted by atomic mass is 32.1. The number of thiophene rings is 1. The Kier molecular flexibility index (Phi) is 5.54. The van der Waals surface area contributed by atoms with E-state index in [4.69, 9.17) is 0 Å². The molecule has 3 rings (SSSR count). The molecule has 0 unspecified atom stereocenters. The van der Waals surface area contributed by atoms with Crippen LogP contribution in [0.25, 0.3) is 11.4 Å². The van der Waals surface area contributed by atoms with E-state index in [1.54, 1.807) is 12.1 Å². The van der Waals surface area contributed by atoms with E-state index < -0.39 is 11.7 Å². The Bertz CT molecular complexity index is 1010. The molecule has 146 valence electrons. The molecule has 0 bridgehead atoms. The first-order valence-corrected chi connectivity index (χ1v) is 8.86. The number of tetrazole rings is 1. The van der Waals surface area contributed by atoms with Crippen molar-refractivity contribution in [3.63, 3.8) is 0 Å². The molecule has 2 heterocycles. The van der Waals surface area contributed by atoms with Crippen molar-refractivity contribution in [3.8, 4) is 11.4 Å². The number of ketones is 1. The van der Waals surface area contributed by atoms with Crippen LogP contribution < -0.4 is 5.32 Å². The van der Waals surface area contributed by atoms with E-state index in [1.807, 2.05) is 0 Å². The van der Waals surface area contributed by atoms with Crippen LogP contribution in [0.1, 0.15) is 27.0 Å². The van der Waals surface area contributed by atoms with Crippen molar-refractivity contribution >= 4 is 23.0 Å². The molecule has 7 nitrogen and oxygen atoms in total. The van der Waals surface area contributed by atoms with E-state index in [9.17, 15) is 22.8 Å². The molecule has 2 aromatic heterocycles. The SMILES string of the molecule is CC(=O)NCc1ccc(C(=O)Cn2nnc(-c3cccc(C(F)(F)F)c3)n2)s1. The summed E-state index contributed by atoms with van der Waals surface area (Å²) in [5, 5.41) is 14.1. The molecule has 0 aliphatic carbocycles. The number of carbonyl (C=O) groups is 2. The van der Waals surface area contributed by atoms with Gasteiger partial charge < -0.3 is 5.32 Å². The number of Topliss-reactive ketones (excluding diaryl/α,β-unsaturated/α-hetero) is 1. The number of aromatic nitrogens is 4. The van der Waals surface area contributed by atoms with E-state index in [0.717, 1.165) is 21.8 Å². The van der Waals surface area contributed by atoms with Gasteiger partial charge in [-0.1, -0.05) is 12.1 Å². The maximum absolute atomic E-state index is 12.8. The zero-order valence-corrected chi connectivity index (χ0v) is 15.3. The highest BCUT2D eigenvalue weighted by Gasteiger charge is 2.30. The largest absolute Gasteiger partial charge is 0.416 e. The first kappa shape index (κ1) is 19.7. The van der Waals surface area contributed by atoms with Crippen LogP contribution in [0.4, 0.5) is 13.2 Å².